The molecule has 0 aliphatic heterocycles. The molecule has 0 amide bonds. The quantitative estimate of drug-likeness (QED) is 0.830. The zero-order chi connectivity index (χ0) is 15.9. The van der Waals surface area contributed by atoms with Crippen molar-refractivity contribution in [3.8, 4) is 11.5 Å². The summed E-state index contributed by atoms with van der Waals surface area (Å²) in [6.45, 7) is 5.66. The molecule has 2 rings (SSSR count). The van der Waals surface area contributed by atoms with Crippen LogP contribution >= 0.6 is 0 Å². The van der Waals surface area contributed by atoms with Gasteiger partial charge in [0, 0.05) is 0 Å². The molecule has 0 radical (unpaired) electrons. The van der Waals surface area contributed by atoms with Gasteiger partial charge in [0.15, 0.2) is 6.10 Å². The molecule has 2 aromatic carbocycles. The maximum Gasteiger partial charge on any atom is 0.339 e. The summed E-state index contributed by atoms with van der Waals surface area (Å²) in [4.78, 5) is 11.6. The lowest BCUT2D eigenvalue weighted by Crippen LogP contribution is -2.24. The fourth-order valence-corrected chi connectivity index (χ4v) is 1.91. The van der Waals surface area contributed by atoms with Crippen LogP contribution in [0.5, 0.6) is 11.5 Å². The van der Waals surface area contributed by atoms with Gasteiger partial charge in [-0.3, -0.25) is 0 Å². The van der Waals surface area contributed by atoms with E-state index in [1.807, 2.05) is 30.3 Å². The number of rotatable bonds is 6. The highest BCUT2D eigenvalue weighted by atomic mass is 16.5. The summed E-state index contributed by atoms with van der Waals surface area (Å²) in [5.74, 6) is 0.596. The molecule has 114 valence electrons. The molecule has 0 spiro atoms. The smallest absolute Gasteiger partial charge is 0.339 e. The van der Waals surface area contributed by atoms with Crippen LogP contribution in [0, 0.1) is 0 Å². The Kier molecular flexibility index (Phi) is 5.33. The van der Waals surface area contributed by atoms with E-state index >= 15 is 0 Å². The van der Waals surface area contributed by atoms with Crippen LogP contribution in [-0.4, -0.2) is 23.8 Å². The molecule has 1 unspecified atom stereocenters. The van der Waals surface area contributed by atoms with Gasteiger partial charge in [0.2, 0.25) is 0 Å². The Morgan fingerprint density at radius 1 is 1.14 bits per heavy atom. The summed E-state index contributed by atoms with van der Waals surface area (Å²) in [5, 5.41) is 9.94. The van der Waals surface area contributed by atoms with Gasteiger partial charge >= 0.3 is 5.97 Å². The number of aliphatic hydroxyl groups is 1. The average Bonchev–Trinajstić information content (AvgIpc) is 2.55. The molecule has 0 saturated heterocycles. The molecule has 1 atom stereocenters. The number of aliphatic hydroxyl groups excluding tert-OH is 1. The Morgan fingerprint density at radius 3 is 2.50 bits per heavy atom. The second kappa shape index (κ2) is 7.43. The number of hydrogen-bond acceptors (Lipinski definition) is 4. The minimum Gasteiger partial charge on any atom is -0.464 e. The van der Waals surface area contributed by atoms with Crippen molar-refractivity contribution in [2.75, 3.05) is 6.61 Å². The second-order valence-electron chi connectivity index (χ2n) is 4.62. The monoisotopic (exact) mass is 298 g/mol. The first-order chi connectivity index (χ1) is 10.6. The SMILES string of the molecule is C=C(c1cccc(Oc2ccccc2)c1)C(O)C(=O)OCC. The number of para-hydroxylation sites is 1. The lowest BCUT2D eigenvalue weighted by molar-refractivity contribution is -0.149. The van der Waals surface area contributed by atoms with Crippen molar-refractivity contribution in [2.45, 2.75) is 13.0 Å². The first-order valence-corrected chi connectivity index (χ1v) is 6.98. The molecule has 1 N–H and O–H groups in total. The maximum absolute atomic E-state index is 11.6. The van der Waals surface area contributed by atoms with Gasteiger partial charge in [-0.25, -0.2) is 4.79 Å². The van der Waals surface area contributed by atoms with E-state index in [0.29, 0.717) is 17.1 Å². The zero-order valence-electron chi connectivity index (χ0n) is 12.4. The minimum atomic E-state index is -1.38. The molecule has 0 saturated carbocycles. The number of esters is 1. The van der Waals surface area contributed by atoms with E-state index in [9.17, 15) is 9.90 Å². The molecule has 0 bridgehead atoms. The molecule has 4 nitrogen and oxygen atoms in total. The topological polar surface area (TPSA) is 55.8 Å². The largest absolute Gasteiger partial charge is 0.464 e. The second-order valence-corrected chi connectivity index (χ2v) is 4.62. The summed E-state index contributed by atoms with van der Waals surface area (Å²) in [6.07, 6.45) is -1.38. The third-order valence-corrected chi connectivity index (χ3v) is 3.02. The number of ether oxygens (including phenoxy) is 2. The Hall–Kier alpha value is -2.59. The molecular formula is C18H18O4. The van der Waals surface area contributed by atoms with E-state index < -0.39 is 12.1 Å². The van der Waals surface area contributed by atoms with E-state index in [1.54, 1.807) is 31.2 Å². The maximum atomic E-state index is 11.6. The van der Waals surface area contributed by atoms with Crippen molar-refractivity contribution in [2.24, 2.45) is 0 Å². The Bertz CT molecular complexity index is 649. The van der Waals surface area contributed by atoms with E-state index in [0.717, 1.165) is 0 Å². The normalized spacial score (nSPS) is 11.5. The first kappa shape index (κ1) is 15.8. The van der Waals surface area contributed by atoms with Crippen molar-refractivity contribution in [1.82, 2.24) is 0 Å². The first-order valence-electron chi connectivity index (χ1n) is 6.98. The third-order valence-electron chi connectivity index (χ3n) is 3.02. The van der Waals surface area contributed by atoms with Crippen molar-refractivity contribution in [3.63, 3.8) is 0 Å². The van der Waals surface area contributed by atoms with Gasteiger partial charge < -0.3 is 14.6 Å². The highest BCUT2D eigenvalue weighted by Crippen LogP contribution is 2.26. The Morgan fingerprint density at radius 2 is 1.82 bits per heavy atom. The van der Waals surface area contributed by atoms with Crippen LogP contribution in [0.4, 0.5) is 0 Å². The summed E-state index contributed by atoms with van der Waals surface area (Å²) in [6, 6.07) is 16.4. The lowest BCUT2D eigenvalue weighted by atomic mass is 10.0. The van der Waals surface area contributed by atoms with Crippen LogP contribution in [0.25, 0.3) is 5.57 Å². The van der Waals surface area contributed by atoms with Crippen molar-refractivity contribution < 1.29 is 19.4 Å². The van der Waals surface area contributed by atoms with Crippen LogP contribution in [-0.2, 0) is 9.53 Å². The zero-order valence-corrected chi connectivity index (χ0v) is 12.4. The van der Waals surface area contributed by atoms with Crippen molar-refractivity contribution in [3.05, 3.63) is 66.7 Å². The van der Waals surface area contributed by atoms with Gasteiger partial charge in [-0.05, 0) is 42.3 Å². The highest BCUT2D eigenvalue weighted by Gasteiger charge is 2.21. The fraction of sp³-hybridized carbons (Fsp3) is 0.167. The Balaban J connectivity index is 2.14. The minimum absolute atomic E-state index is 0.209. The molecule has 0 aliphatic carbocycles. The molecule has 0 fully saturated rings. The molecule has 0 heterocycles. The van der Waals surface area contributed by atoms with Gasteiger partial charge in [-0.2, -0.15) is 0 Å². The highest BCUT2D eigenvalue weighted by molar-refractivity contribution is 5.90. The van der Waals surface area contributed by atoms with Gasteiger partial charge in [-0.15, -0.1) is 0 Å². The van der Waals surface area contributed by atoms with Crippen LogP contribution in [0.3, 0.4) is 0 Å². The van der Waals surface area contributed by atoms with E-state index in [2.05, 4.69) is 6.58 Å². The molecule has 22 heavy (non-hydrogen) atoms. The van der Waals surface area contributed by atoms with Gasteiger partial charge in [0.1, 0.15) is 11.5 Å². The number of benzene rings is 2. The van der Waals surface area contributed by atoms with E-state index in [4.69, 9.17) is 9.47 Å². The lowest BCUT2D eigenvalue weighted by Gasteiger charge is -2.14. The number of carbonyl (C=O) groups excluding carboxylic acids is 1. The molecular weight excluding hydrogens is 280 g/mol. The van der Waals surface area contributed by atoms with Crippen LogP contribution in [0.1, 0.15) is 12.5 Å². The van der Waals surface area contributed by atoms with Crippen LogP contribution < -0.4 is 4.74 Å². The molecule has 0 aromatic heterocycles. The number of hydrogen-bond donors (Lipinski definition) is 1. The van der Waals surface area contributed by atoms with E-state index in [-0.39, 0.29) is 12.2 Å². The average molecular weight is 298 g/mol. The molecule has 2 aromatic rings. The Labute approximate surface area is 129 Å². The molecule has 4 heteroatoms. The van der Waals surface area contributed by atoms with Crippen LogP contribution in [0.15, 0.2) is 61.2 Å². The van der Waals surface area contributed by atoms with Crippen LogP contribution in [0.2, 0.25) is 0 Å². The van der Waals surface area contributed by atoms with Crippen molar-refractivity contribution >= 4 is 11.5 Å². The van der Waals surface area contributed by atoms with Crippen molar-refractivity contribution in [1.29, 1.82) is 0 Å². The predicted molar refractivity (Wildman–Crippen MR) is 84.6 cm³/mol. The predicted octanol–water partition coefficient (Wildman–Crippen LogP) is 3.42. The summed E-state index contributed by atoms with van der Waals surface area (Å²) < 4.78 is 10.5. The number of carbonyl (C=O) groups is 1. The summed E-state index contributed by atoms with van der Waals surface area (Å²) in [7, 11) is 0. The molecule has 0 aliphatic rings. The van der Waals surface area contributed by atoms with Gasteiger partial charge in [0.25, 0.3) is 0 Å². The standard InChI is InChI=1S/C18H18O4/c1-3-21-18(20)17(19)13(2)14-8-7-11-16(12-14)22-15-9-5-4-6-10-15/h4-12,17,19H,2-3H2,1H3. The fourth-order valence-electron chi connectivity index (χ4n) is 1.91. The summed E-state index contributed by atoms with van der Waals surface area (Å²) in [5.41, 5.74) is 0.894. The van der Waals surface area contributed by atoms with E-state index in [1.165, 1.54) is 0 Å². The van der Waals surface area contributed by atoms with Gasteiger partial charge in [0.05, 0.1) is 6.61 Å². The summed E-state index contributed by atoms with van der Waals surface area (Å²) >= 11 is 0. The van der Waals surface area contributed by atoms with Gasteiger partial charge in [-0.1, -0.05) is 36.9 Å². The third kappa shape index (κ3) is 3.96.